The van der Waals surface area contributed by atoms with Crippen LogP contribution < -0.4 is 0 Å². The van der Waals surface area contributed by atoms with Crippen molar-refractivity contribution >= 4 is 17.3 Å². The van der Waals surface area contributed by atoms with E-state index in [0.717, 1.165) is 32.2 Å². The third-order valence-electron chi connectivity index (χ3n) is 7.26. The predicted octanol–water partition coefficient (Wildman–Crippen LogP) is 3.21. The minimum absolute atomic E-state index is 0.129. The van der Waals surface area contributed by atoms with Crippen molar-refractivity contribution in [3.05, 3.63) is 0 Å². The lowest BCUT2D eigenvalue weighted by Crippen LogP contribution is -2.53. The van der Waals surface area contributed by atoms with Crippen LogP contribution in [0.3, 0.4) is 0 Å². The SMILES string of the molecule is C[C@]12CC[C@@H]3[C@@H](CN=C4CC(=O)CC[C@@]43C)[C@@H]1CC(=O)C2. The summed E-state index contributed by atoms with van der Waals surface area (Å²) in [6.45, 7) is 5.52. The van der Waals surface area contributed by atoms with Crippen molar-refractivity contribution in [2.24, 2.45) is 33.6 Å². The van der Waals surface area contributed by atoms with E-state index >= 15 is 0 Å². The number of hydrogen-bond donors (Lipinski definition) is 0. The highest BCUT2D eigenvalue weighted by molar-refractivity contribution is 6.07. The molecule has 1 heterocycles. The van der Waals surface area contributed by atoms with E-state index in [1.54, 1.807) is 0 Å². The fourth-order valence-electron chi connectivity index (χ4n) is 5.98. The normalized spacial score (nSPS) is 49.2. The van der Waals surface area contributed by atoms with E-state index in [0.29, 0.717) is 35.7 Å². The number of hydrogen-bond acceptors (Lipinski definition) is 3. The van der Waals surface area contributed by atoms with Crippen LogP contribution in [0.4, 0.5) is 0 Å². The van der Waals surface area contributed by atoms with Gasteiger partial charge in [-0.25, -0.2) is 0 Å². The number of rotatable bonds is 0. The van der Waals surface area contributed by atoms with E-state index < -0.39 is 0 Å². The molecular weight excluding hydrogens is 262 g/mol. The Hall–Kier alpha value is -0.990. The molecule has 3 nitrogen and oxygen atoms in total. The van der Waals surface area contributed by atoms with Gasteiger partial charge in [-0.2, -0.15) is 0 Å². The lowest BCUT2D eigenvalue weighted by molar-refractivity contribution is -0.120. The van der Waals surface area contributed by atoms with Gasteiger partial charge in [-0.05, 0) is 42.4 Å². The van der Waals surface area contributed by atoms with Crippen LogP contribution >= 0.6 is 0 Å². The molecule has 0 unspecified atom stereocenters. The smallest absolute Gasteiger partial charge is 0.138 e. The van der Waals surface area contributed by atoms with Gasteiger partial charge in [0.1, 0.15) is 11.6 Å². The number of Topliss-reactive ketones (excluding diaryl/α,β-unsaturated/α-hetero) is 2. The maximum atomic E-state index is 12.0. The maximum absolute atomic E-state index is 12.0. The Morgan fingerprint density at radius 3 is 2.71 bits per heavy atom. The zero-order valence-electron chi connectivity index (χ0n) is 13.2. The Morgan fingerprint density at radius 2 is 1.90 bits per heavy atom. The second-order valence-corrected chi connectivity index (χ2v) is 8.41. The van der Waals surface area contributed by atoms with E-state index in [1.165, 1.54) is 18.6 Å². The van der Waals surface area contributed by atoms with Gasteiger partial charge in [0, 0.05) is 43.4 Å². The van der Waals surface area contributed by atoms with E-state index in [-0.39, 0.29) is 10.8 Å². The van der Waals surface area contributed by atoms with E-state index in [1.807, 2.05) is 0 Å². The summed E-state index contributed by atoms with van der Waals surface area (Å²) in [4.78, 5) is 28.6. The largest absolute Gasteiger partial charge is 0.300 e. The highest BCUT2D eigenvalue weighted by Gasteiger charge is 2.58. The van der Waals surface area contributed by atoms with E-state index in [9.17, 15) is 9.59 Å². The second kappa shape index (κ2) is 4.27. The Labute approximate surface area is 126 Å². The minimum atomic E-state index is 0.129. The number of fused-ring (bicyclic) bond motifs is 5. The van der Waals surface area contributed by atoms with Gasteiger partial charge in [0.25, 0.3) is 0 Å². The summed E-state index contributed by atoms with van der Waals surface area (Å²) in [5, 5.41) is 0. The Bertz CT molecular complexity index is 551. The van der Waals surface area contributed by atoms with E-state index in [2.05, 4.69) is 13.8 Å². The van der Waals surface area contributed by atoms with Crippen LogP contribution in [0.15, 0.2) is 4.99 Å². The zero-order valence-corrected chi connectivity index (χ0v) is 13.2. The van der Waals surface area contributed by atoms with Crippen molar-refractivity contribution in [2.45, 2.75) is 58.8 Å². The van der Waals surface area contributed by atoms with Crippen LogP contribution in [-0.4, -0.2) is 23.8 Å². The molecule has 3 aliphatic carbocycles. The van der Waals surface area contributed by atoms with Crippen molar-refractivity contribution in [3.63, 3.8) is 0 Å². The van der Waals surface area contributed by atoms with Crippen molar-refractivity contribution in [1.29, 1.82) is 0 Å². The Kier molecular flexibility index (Phi) is 2.78. The van der Waals surface area contributed by atoms with Crippen LogP contribution in [0.2, 0.25) is 0 Å². The van der Waals surface area contributed by atoms with Gasteiger partial charge in [0.15, 0.2) is 0 Å². The molecule has 1 aliphatic heterocycles. The first-order chi connectivity index (χ1) is 9.92. The van der Waals surface area contributed by atoms with Crippen LogP contribution in [-0.2, 0) is 9.59 Å². The molecular formula is C18H25NO2. The molecule has 0 saturated heterocycles. The van der Waals surface area contributed by atoms with Crippen molar-refractivity contribution in [2.75, 3.05) is 6.54 Å². The highest BCUT2D eigenvalue weighted by Crippen LogP contribution is 2.61. The molecule has 5 atom stereocenters. The first kappa shape index (κ1) is 13.7. The van der Waals surface area contributed by atoms with Gasteiger partial charge < -0.3 is 0 Å². The minimum Gasteiger partial charge on any atom is -0.300 e. The van der Waals surface area contributed by atoms with Gasteiger partial charge >= 0.3 is 0 Å². The number of ketones is 2. The van der Waals surface area contributed by atoms with Gasteiger partial charge in [0.05, 0.1) is 0 Å². The third kappa shape index (κ3) is 1.82. The van der Waals surface area contributed by atoms with Crippen LogP contribution in [0.25, 0.3) is 0 Å². The first-order valence-corrected chi connectivity index (χ1v) is 8.50. The molecule has 0 aromatic rings. The molecule has 0 aromatic carbocycles. The summed E-state index contributed by atoms with van der Waals surface area (Å²) in [7, 11) is 0. The van der Waals surface area contributed by atoms with Crippen LogP contribution in [0, 0.1) is 28.6 Å². The number of carbonyl (C=O) groups is 2. The summed E-state index contributed by atoms with van der Waals surface area (Å²) < 4.78 is 0. The summed E-state index contributed by atoms with van der Waals surface area (Å²) in [5.74, 6) is 2.56. The molecule has 4 rings (SSSR count). The molecule has 3 fully saturated rings. The van der Waals surface area contributed by atoms with Gasteiger partial charge in [-0.1, -0.05) is 13.8 Å². The number of nitrogens with zero attached hydrogens (tertiary/aromatic N) is 1. The molecule has 0 N–H and O–H groups in total. The average molecular weight is 287 g/mol. The van der Waals surface area contributed by atoms with Crippen molar-refractivity contribution in [1.82, 2.24) is 0 Å². The quantitative estimate of drug-likeness (QED) is 0.687. The Morgan fingerprint density at radius 1 is 1.10 bits per heavy atom. The summed E-state index contributed by atoms with van der Waals surface area (Å²) >= 11 is 0. The molecule has 0 amide bonds. The lowest BCUT2D eigenvalue weighted by atomic mass is 9.50. The van der Waals surface area contributed by atoms with E-state index in [4.69, 9.17) is 4.99 Å². The molecule has 0 spiro atoms. The second-order valence-electron chi connectivity index (χ2n) is 8.41. The molecule has 3 heteroatoms. The van der Waals surface area contributed by atoms with Gasteiger partial charge in [-0.15, -0.1) is 0 Å². The maximum Gasteiger partial charge on any atom is 0.138 e. The van der Waals surface area contributed by atoms with Crippen molar-refractivity contribution in [3.8, 4) is 0 Å². The molecule has 21 heavy (non-hydrogen) atoms. The van der Waals surface area contributed by atoms with Gasteiger partial charge in [0.2, 0.25) is 0 Å². The summed E-state index contributed by atoms with van der Waals surface area (Å²) in [6, 6.07) is 0. The monoisotopic (exact) mass is 287 g/mol. The molecule has 4 aliphatic rings. The lowest BCUT2D eigenvalue weighted by Gasteiger charge is -2.55. The molecule has 0 radical (unpaired) electrons. The molecule has 3 saturated carbocycles. The zero-order chi connectivity index (χ0) is 14.8. The van der Waals surface area contributed by atoms with Crippen molar-refractivity contribution < 1.29 is 9.59 Å². The van der Waals surface area contributed by atoms with Crippen LogP contribution in [0.1, 0.15) is 58.8 Å². The number of aliphatic imine (C=N–C) groups is 1. The standard InChI is InChI=1S/C18H25NO2/c1-17-5-4-14-13(15(17)7-12(21)9-17)10-19-16-8-11(20)3-6-18(14,16)2/h13-15H,3-10H2,1-2H3/t13-,14-,15+,17-,18-/m1/s1. The number of carbonyl (C=O) groups excluding carboxylic acids is 2. The molecule has 0 aromatic heterocycles. The van der Waals surface area contributed by atoms with Crippen LogP contribution in [0.5, 0.6) is 0 Å². The van der Waals surface area contributed by atoms with Gasteiger partial charge in [-0.3, -0.25) is 14.6 Å². The summed E-state index contributed by atoms with van der Waals surface area (Å²) in [5.41, 5.74) is 1.53. The molecule has 114 valence electrons. The Balaban J connectivity index is 1.70. The topological polar surface area (TPSA) is 46.5 Å². The average Bonchev–Trinajstić information content (AvgIpc) is 2.74. The third-order valence-corrected chi connectivity index (χ3v) is 7.26. The predicted molar refractivity (Wildman–Crippen MR) is 81.3 cm³/mol. The fourth-order valence-corrected chi connectivity index (χ4v) is 5.98. The first-order valence-electron chi connectivity index (χ1n) is 8.50. The summed E-state index contributed by atoms with van der Waals surface area (Å²) in [6.07, 6.45) is 6.24. The molecule has 0 bridgehead atoms. The fraction of sp³-hybridized carbons (Fsp3) is 0.833. The highest BCUT2D eigenvalue weighted by atomic mass is 16.1.